The van der Waals surface area contributed by atoms with Crippen LogP contribution >= 0.6 is 0 Å². The minimum Gasteiger partial charge on any atom is -0.481 e. The second kappa shape index (κ2) is 6.18. The van der Waals surface area contributed by atoms with Crippen LogP contribution in [0.4, 0.5) is 5.69 Å². The summed E-state index contributed by atoms with van der Waals surface area (Å²) in [6.07, 6.45) is 0. The number of aryl methyl sites for hydroxylation is 1. The molecule has 3 N–H and O–H groups in total. The van der Waals surface area contributed by atoms with Gasteiger partial charge in [0.25, 0.3) is 0 Å². The van der Waals surface area contributed by atoms with Crippen LogP contribution in [0.3, 0.4) is 0 Å². The molecule has 2 unspecified atom stereocenters. The van der Waals surface area contributed by atoms with Crippen LogP contribution in [0.2, 0.25) is 0 Å². The number of rotatable bonds is 5. The summed E-state index contributed by atoms with van der Waals surface area (Å²) >= 11 is 0. The lowest BCUT2D eigenvalue weighted by Crippen LogP contribution is -2.30. The molecule has 2 atom stereocenters. The van der Waals surface area contributed by atoms with Crippen LogP contribution in [0.15, 0.2) is 18.2 Å². The molecule has 108 valence electrons. The molecule has 0 spiro atoms. The predicted octanol–water partition coefficient (Wildman–Crippen LogP) is 1.99. The molecule has 0 heterocycles. The normalized spacial score (nSPS) is 13.3. The standard InChI is InChI=1S/C14H17NO5/c1-7-4-5-10(14(19)20)6-11(7)15-12(16)8(2)9(3)13(17)18/h4-6,8-9H,1-3H3,(H,15,16)(H,17,18)(H,19,20). The van der Waals surface area contributed by atoms with Crippen LogP contribution in [0.25, 0.3) is 0 Å². The molecule has 1 aromatic carbocycles. The van der Waals surface area contributed by atoms with Crippen molar-refractivity contribution in [2.75, 3.05) is 5.32 Å². The lowest BCUT2D eigenvalue weighted by molar-refractivity contribution is -0.145. The molecule has 1 rings (SSSR count). The van der Waals surface area contributed by atoms with E-state index in [2.05, 4.69) is 5.32 Å². The Morgan fingerprint density at radius 1 is 1.10 bits per heavy atom. The molecule has 0 saturated carbocycles. The van der Waals surface area contributed by atoms with Crippen molar-refractivity contribution in [3.63, 3.8) is 0 Å². The number of hydrogen-bond acceptors (Lipinski definition) is 3. The van der Waals surface area contributed by atoms with Crippen molar-refractivity contribution in [1.29, 1.82) is 0 Å². The Morgan fingerprint density at radius 2 is 1.70 bits per heavy atom. The molecule has 0 aliphatic carbocycles. The zero-order chi connectivity index (χ0) is 15.4. The molecular weight excluding hydrogens is 262 g/mol. The first-order valence-electron chi connectivity index (χ1n) is 6.11. The largest absolute Gasteiger partial charge is 0.481 e. The van der Waals surface area contributed by atoms with Gasteiger partial charge in [-0.1, -0.05) is 19.9 Å². The van der Waals surface area contributed by atoms with Crippen molar-refractivity contribution in [2.24, 2.45) is 11.8 Å². The average molecular weight is 279 g/mol. The second-order valence-electron chi connectivity index (χ2n) is 4.74. The van der Waals surface area contributed by atoms with E-state index < -0.39 is 29.7 Å². The minimum atomic E-state index is -1.09. The third-order valence-corrected chi connectivity index (χ3v) is 3.30. The number of amides is 1. The number of carboxylic acids is 2. The van der Waals surface area contributed by atoms with Crippen LogP contribution in [0.1, 0.15) is 29.8 Å². The number of aliphatic carboxylic acids is 1. The third kappa shape index (κ3) is 3.57. The molecule has 0 aliphatic heterocycles. The Labute approximate surface area is 116 Å². The Balaban J connectivity index is 2.93. The number of carbonyl (C=O) groups is 3. The van der Waals surface area contributed by atoms with E-state index >= 15 is 0 Å². The number of nitrogens with one attached hydrogen (secondary N) is 1. The molecule has 20 heavy (non-hydrogen) atoms. The van der Waals surface area contributed by atoms with Gasteiger partial charge in [-0.2, -0.15) is 0 Å². The fourth-order valence-electron chi connectivity index (χ4n) is 1.58. The Kier molecular flexibility index (Phi) is 4.85. The van der Waals surface area contributed by atoms with Crippen LogP contribution < -0.4 is 5.32 Å². The topological polar surface area (TPSA) is 104 Å². The van der Waals surface area contributed by atoms with Crippen molar-refractivity contribution in [3.05, 3.63) is 29.3 Å². The van der Waals surface area contributed by atoms with Gasteiger partial charge in [0.2, 0.25) is 5.91 Å². The van der Waals surface area contributed by atoms with Crippen molar-refractivity contribution in [1.82, 2.24) is 0 Å². The predicted molar refractivity (Wildman–Crippen MR) is 72.7 cm³/mol. The van der Waals surface area contributed by atoms with Crippen LogP contribution in [-0.2, 0) is 9.59 Å². The van der Waals surface area contributed by atoms with Crippen molar-refractivity contribution < 1.29 is 24.6 Å². The van der Waals surface area contributed by atoms with E-state index in [-0.39, 0.29) is 5.56 Å². The minimum absolute atomic E-state index is 0.0600. The molecule has 0 bridgehead atoms. The number of benzene rings is 1. The molecule has 1 aromatic rings. The lowest BCUT2D eigenvalue weighted by Gasteiger charge is -2.17. The van der Waals surface area contributed by atoms with Crippen molar-refractivity contribution in [3.8, 4) is 0 Å². The summed E-state index contributed by atoms with van der Waals surface area (Å²) in [5.74, 6) is -4.14. The Hall–Kier alpha value is -2.37. The van der Waals surface area contributed by atoms with E-state index in [1.165, 1.54) is 26.0 Å². The van der Waals surface area contributed by atoms with E-state index in [1.807, 2.05) is 0 Å². The van der Waals surface area contributed by atoms with Gasteiger partial charge in [0.15, 0.2) is 0 Å². The van der Waals surface area contributed by atoms with E-state index in [0.717, 1.165) is 0 Å². The van der Waals surface area contributed by atoms with Gasteiger partial charge in [-0.05, 0) is 24.6 Å². The molecule has 1 amide bonds. The van der Waals surface area contributed by atoms with Gasteiger partial charge in [0, 0.05) is 11.6 Å². The van der Waals surface area contributed by atoms with Crippen molar-refractivity contribution >= 4 is 23.5 Å². The summed E-state index contributed by atoms with van der Waals surface area (Å²) in [5.41, 5.74) is 1.14. The summed E-state index contributed by atoms with van der Waals surface area (Å²) in [7, 11) is 0. The number of hydrogen-bond donors (Lipinski definition) is 3. The maximum absolute atomic E-state index is 12.0. The summed E-state index contributed by atoms with van der Waals surface area (Å²) in [4.78, 5) is 33.7. The van der Waals surface area contributed by atoms with Gasteiger partial charge in [-0.15, -0.1) is 0 Å². The maximum atomic E-state index is 12.0. The monoisotopic (exact) mass is 279 g/mol. The highest BCUT2D eigenvalue weighted by Crippen LogP contribution is 2.20. The van der Waals surface area contributed by atoms with E-state index in [4.69, 9.17) is 10.2 Å². The maximum Gasteiger partial charge on any atom is 0.335 e. The molecule has 0 saturated heterocycles. The fraction of sp³-hybridized carbons (Fsp3) is 0.357. The SMILES string of the molecule is Cc1ccc(C(=O)O)cc1NC(=O)C(C)C(C)C(=O)O. The van der Waals surface area contributed by atoms with Gasteiger partial charge in [-0.3, -0.25) is 9.59 Å². The lowest BCUT2D eigenvalue weighted by atomic mass is 9.95. The quantitative estimate of drug-likeness (QED) is 0.764. The molecule has 0 radical (unpaired) electrons. The first-order valence-corrected chi connectivity index (χ1v) is 6.11. The zero-order valence-electron chi connectivity index (χ0n) is 11.5. The number of aromatic carboxylic acids is 1. The van der Waals surface area contributed by atoms with Gasteiger partial charge >= 0.3 is 11.9 Å². The second-order valence-corrected chi connectivity index (χ2v) is 4.74. The van der Waals surface area contributed by atoms with Gasteiger partial charge in [0.1, 0.15) is 0 Å². The van der Waals surface area contributed by atoms with Crippen LogP contribution in [0, 0.1) is 18.8 Å². The average Bonchev–Trinajstić information content (AvgIpc) is 2.38. The highest BCUT2D eigenvalue weighted by molar-refractivity contribution is 5.97. The number of carbonyl (C=O) groups excluding carboxylic acids is 1. The first-order chi connectivity index (χ1) is 9.23. The van der Waals surface area contributed by atoms with E-state index in [0.29, 0.717) is 11.3 Å². The molecule has 6 nitrogen and oxygen atoms in total. The number of carboxylic acid groups (broad SMARTS) is 2. The van der Waals surface area contributed by atoms with E-state index in [1.54, 1.807) is 13.0 Å². The van der Waals surface area contributed by atoms with Crippen LogP contribution in [0.5, 0.6) is 0 Å². The first kappa shape index (κ1) is 15.7. The molecule has 6 heteroatoms. The highest BCUT2D eigenvalue weighted by Gasteiger charge is 2.26. The van der Waals surface area contributed by atoms with Gasteiger partial charge in [0.05, 0.1) is 11.5 Å². The Bertz CT molecular complexity index is 552. The Morgan fingerprint density at radius 3 is 2.20 bits per heavy atom. The van der Waals surface area contributed by atoms with Crippen molar-refractivity contribution in [2.45, 2.75) is 20.8 Å². The smallest absolute Gasteiger partial charge is 0.335 e. The molecule has 0 aliphatic rings. The summed E-state index contributed by atoms with van der Waals surface area (Å²) < 4.78 is 0. The van der Waals surface area contributed by atoms with Gasteiger partial charge in [-0.25, -0.2) is 4.79 Å². The molecule has 0 fully saturated rings. The van der Waals surface area contributed by atoms with Crippen LogP contribution in [-0.4, -0.2) is 28.1 Å². The van der Waals surface area contributed by atoms with E-state index in [9.17, 15) is 14.4 Å². The molecular formula is C14H17NO5. The van der Waals surface area contributed by atoms with Gasteiger partial charge < -0.3 is 15.5 Å². The fourth-order valence-corrected chi connectivity index (χ4v) is 1.58. The third-order valence-electron chi connectivity index (χ3n) is 3.30. The summed E-state index contributed by atoms with van der Waals surface area (Å²) in [6.45, 7) is 4.70. The summed E-state index contributed by atoms with van der Waals surface area (Å²) in [6, 6.07) is 4.38. The zero-order valence-corrected chi connectivity index (χ0v) is 11.5. The number of anilines is 1. The summed E-state index contributed by atoms with van der Waals surface area (Å²) in [5, 5.41) is 20.4. The molecule has 0 aromatic heterocycles. The highest BCUT2D eigenvalue weighted by atomic mass is 16.4.